The Morgan fingerprint density at radius 2 is 1.26 bits per heavy atom. The van der Waals surface area contributed by atoms with Crippen molar-refractivity contribution in [3.8, 4) is 0 Å². The largest absolute Gasteiger partial charge is 0.313 e. The molecular weight excluding hydrogens is 374 g/mol. The average molecular weight is 412 g/mol. The molecule has 0 aromatic heterocycles. The van der Waals surface area contributed by atoms with Gasteiger partial charge in [-0.2, -0.15) is 0 Å². The molecule has 3 aromatic rings. The second kappa shape index (κ2) is 13.4. The summed E-state index contributed by atoms with van der Waals surface area (Å²) in [6, 6.07) is 32.2. The van der Waals surface area contributed by atoms with Crippen LogP contribution < -0.4 is 5.32 Å². The van der Waals surface area contributed by atoms with Crippen LogP contribution in [0.15, 0.2) is 103 Å². The van der Waals surface area contributed by atoms with E-state index in [2.05, 4.69) is 117 Å². The van der Waals surface area contributed by atoms with Crippen LogP contribution >= 0.6 is 0 Å². The molecular formula is C30H37N. The van der Waals surface area contributed by atoms with Crippen molar-refractivity contribution in [1.82, 2.24) is 5.32 Å². The summed E-state index contributed by atoms with van der Waals surface area (Å²) in [4.78, 5) is 0. The molecule has 1 unspecified atom stereocenters. The first-order valence-corrected chi connectivity index (χ1v) is 11.4. The Balaban J connectivity index is 0.00000166. The summed E-state index contributed by atoms with van der Waals surface area (Å²) in [6.45, 7) is 10.7. The van der Waals surface area contributed by atoms with Crippen LogP contribution in [0.4, 0.5) is 0 Å². The van der Waals surface area contributed by atoms with Crippen LogP contribution in [0.25, 0.3) is 11.1 Å². The number of rotatable bonds is 9. The van der Waals surface area contributed by atoms with Crippen molar-refractivity contribution in [2.45, 2.75) is 46.1 Å². The maximum atomic E-state index is 4.48. The lowest BCUT2D eigenvalue weighted by Crippen LogP contribution is -2.27. The van der Waals surface area contributed by atoms with Gasteiger partial charge in [-0.25, -0.2) is 0 Å². The molecule has 0 bridgehead atoms. The molecule has 0 amide bonds. The maximum absolute atomic E-state index is 4.48. The van der Waals surface area contributed by atoms with E-state index >= 15 is 0 Å². The molecule has 0 spiro atoms. The molecule has 0 aliphatic carbocycles. The van der Waals surface area contributed by atoms with E-state index in [0.717, 1.165) is 24.8 Å². The highest BCUT2D eigenvalue weighted by molar-refractivity contribution is 6.05. The Morgan fingerprint density at radius 1 is 0.774 bits per heavy atom. The number of allylic oxidation sites excluding steroid dienone is 2. The number of nitrogens with one attached hydrogen (secondary N) is 1. The summed E-state index contributed by atoms with van der Waals surface area (Å²) in [5, 5.41) is 3.55. The molecule has 0 heterocycles. The smallest absolute Gasteiger partial charge is 0.0283 e. The first-order chi connectivity index (χ1) is 15.2. The fourth-order valence-corrected chi connectivity index (χ4v) is 3.93. The van der Waals surface area contributed by atoms with E-state index in [4.69, 9.17) is 0 Å². The minimum Gasteiger partial charge on any atom is -0.313 e. The van der Waals surface area contributed by atoms with Crippen LogP contribution in [-0.2, 0) is 6.42 Å². The highest BCUT2D eigenvalue weighted by atomic mass is 14.9. The summed E-state index contributed by atoms with van der Waals surface area (Å²) in [6.07, 6.45) is 3.34. The Hall–Kier alpha value is -2.90. The standard InChI is InChI=1S/C28H31N.C2H6/c1-22(25-17-9-5-10-18-25)28(26-19-11-6-12-20-26)23(2)27(29-3)21-13-16-24-14-7-4-8-15-24;1-2/h4-12,14-15,17-20,27,29H,1,13,16,21H2,2-3H3;1-2H3/b28-23+;. The normalized spacial score (nSPS) is 12.3. The number of benzene rings is 3. The van der Waals surface area contributed by atoms with E-state index in [9.17, 15) is 0 Å². The predicted molar refractivity (Wildman–Crippen MR) is 138 cm³/mol. The Labute approximate surface area is 189 Å². The fraction of sp³-hybridized carbons (Fsp3) is 0.267. The van der Waals surface area contributed by atoms with Crippen molar-refractivity contribution in [3.63, 3.8) is 0 Å². The van der Waals surface area contributed by atoms with Gasteiger partial charge in [-0.3, -0.25) is 0 Å². The van der Waals surface area contributed by atoms with Crippen molar-refractivity contribution < 1.29 is 0 Å². The summed E-state index contributed by atoms with van der Waals surface area (Å²) in [5.41, 5.74) is 7.47. The Kier molecular flexibility index (Phi) is 10.5. The van der Waals surface area contributed by atoms with Crippen LogP contribution in [0.5, 0.6) is 0 Å². The lowest BCUT2D eigenvalue weighted by Gasteiger charge is -2.23. The van der Waals surface area contributed by atoms with Crippen LogP contribution in [0, 0.1) is 0 Å². The molecule has 0 radical (unpaired) electrons. The lowest BCUT2D eigenvalue weighted by atomic mass is 9.86. The lowest BCUT2D eigenvalue weighted by molar-refractivity contribution is 0.563. The van der Waals surface area contributed by atoms with Crippen molar-refractivity contribution in [3.05, 3.63) is 120 Å². The van der Waals surface area contributed by atoms with E-state index in [1.807, 2.05) is 13.8 Å². The third-order valence-electron chi connectivity index (χ3n) is 5.55. The highest BCUT2D eigenvalue weighted by Gasteiger charge is 2.17. The molecule has 162 valence electrons. The maximum Gasteiger partial charge on any atom is 0.0283 e. The number of aryl methyl sites for hydroxylation is 1. The zero-order valence-corrected chi connectivity index (χ0v) is 19.6. The van der Waals surface area contributed by atoms with Gasteiger partial charge in [-0.05, 0) is 66.6 Å². The van der Waals surface area contributed by atoms with Gasteiger partial charge in [0.05, 0.1) is 0 Å². The van der Waals surface area contributed by atoms with E-state index in [-0.39, 0.29) is 0 Å². The summed E-state index contributed by atoms with van der Waals surface area (Å²) in [7, 11) is 2.06. The van der Waals surface area contributed by atoms with Gasteiger partial charge in [0.25, 0.3) is 0 Å². The quantitative estimate of drug-likeness (QED) is 0.354. The zero-order valence-electron chi connectivity index (χ0n) is 19.6. The summed E-state index contributed by atoms with van der Waals surface area (Å²) >= 11 is 0. The first kappa shape index (κ1) is 24.4. The molecule has 0 saturated carbocycles. The minimum absolute atomic E-state index is 0.314. The Morgan fingerprint density at radius 3 is 1.77 bits per heavy atom. The van der Waals surface area contributed by atoms with Gasteiger partial charge in [-0.15, -0.1) is 0 Å². The molecule has 1 nitrogen and oxygen atoms in total. The third kappa shape index (κ3) is 7.08. The van der Waals surface area contributed by atoms with Gasteiger partial charge in [-0.1, -0.05) is 111 Å². The van der Waals surface area contributed by atoms with E-state index in [1.54, 1.807) is 0 Å². The van der Waals surface area contributed by atoms with Crippen LogP contribution in [0.1, 0.15) is 50.3 Å². The van der Waals surface area contributed by atoms with Gasteiger partial charge in [0, 0.05) is 6.04 Å². The number of hydrogen-bond acceptors (Lipinski definition) is 1. The second-order valence-electron chi connectivity index (χ2n) is 7.49. The van der Waals surface area contributed by atoms with Gasteiger partial charge in [0.2, 0.25) is 0 Å². The predicted octanol–water partition coefficient (Wildman–Crippen LogP) is 7.81. The molecule has 31 heavy (non-hydrogen) atoms. The van der Waals surface area contributed by atoms with Gasteiger partial charge >= 0.3 is 0 Å². The number of hydrogen-bond donors (Lipinski definition) is 1. The van der Waals surface area contributed by atoms with E-state index < -0.39 is 0 Å². The summed E-state index contributed by atoms with van der Waals surface area (Å²) in [5.74, 6) is 0. The third-order valence-corrected chi connectivity index (χ3v) is 5.55. The van der Waals surface area contributed by atoms with Crippen molar-refractivity contribution in [2.24, 2.45) is 0 Å². The SMILES string of the molecule is C=C(/C(=C(/C)C(CCCc1ccccc1)NC)c1ccccc1)c1ccccc1.CC. The average Bonchev–Trinajstić information content (AvgIpc) is 2.85. The van der Waals surface area contributed by atoms with Crippen LogP contribution in [0.2, 0.25) is 0 Å². The molecule has 1 N–H and O–H groups in total. The molecule has 3 aromatic carbocycles. The molecule has 1 atom stereocenters. The highest BCUT2D eigenvalue weighted by Crippen LogP contribution is 2.34. The monoisotopic (exact) mass is 411 g/mol. The van der Waals surface area contributed by atoms with Gasteiger partial charge in [0.1, 0.15) is 0 Å². The Bertz CT molecular complexity index is 924. The molecule has 0 aliphatic rings. The van der Waals surface area contributed by atoms with Gasteiger partial charge in [0.15, 0.2) is 0 Å². The van der Waals surface area contributed by atoms with Crippen molar-refractivity contribution in [2.75, 3.05) is 7.05 Å². The molecule has 1 heteroatoms. The molecule has 0 fully saturated rings. The van der Waals surface area contributed by atoms with E-state index in [1.165, 1.54) is 27.8 Å². The topological polar surface area (TPSA) is 12.0 Å². The molecule has 3 rings (SSSR count). The van der Waals surface area contributed by atoms with Crippen molar-refractivity contribution >= 4 is 11.1 Å². The first-order valence-electron chi connectivity index (χ1n) is 11.4. The van der Waals surface area contributed by atoms with Gasteiger partial charge < -0.3 is 5.32 Å². The number of likely N-dealkylation sites (N-methyl/N-ethyl adjacent to an activating group) is 1. The zero-order chi connectivity index (χ0) is 22.5. The minimum atomic E-state index is 0.314. The molecule has 0 aliphatic heterocycles. The molecule has 0 saturated heterocycles. The fourth-order valence-electron chi connectivity index (χ4n) is 3.93. The van der Waals surface area contributed by atoms with Crippen molar-refractivity contribution in [1.29, 1.82) is 0 Å². The van der Waals surface area contributed by atoms with E-state index in [0.29, 0.717) is 6.04 Å². The summed E-state index contributed by atoms with van der Waals surface area (Å²) < 4.78 is 0. The van der Waals surface area contributed by atoms with Crippen LogP contribution in [-0.4, -0.2) is 13.1 Å². The van der Waals surface area contributed by atoms with Crippen LogP contribution in [0.3, 0.4) is 0 Å². The second-order valence-corrected chi connectivity index (χ2v) is 7.49.